The van der Waals surface area contributed by atoms with E-state index >= 15 is 0 Å². The molecule has 0 aliphatic heterocycles. The first-order chi connectivity index (χ1) is 6.75. The standard InChI is InChI=1S/C12H17NO/c1-7(14)13-12-6-8-5-11(12)10-4-2-3-9(8)10/h2-3,8-12H,4-6H2,1H3,(H,13,14). The first kappa shape index (κ1) is 8.51. The Morgan fingerprint density at radius 2 is 2.21 bits per heavy atom. The van der Waals surface area contributed by atoms with E-state index in [4.69, 9.17) is 0 Å². The Balaban J connectivity index is 1.75. The molecule has 0 aromatic heterocycles. The van der Waals surface area contributed by atoms with Crippen molar-refractivity contribution in [2.24, 2.45) is 23.7 Å². The number of hydrogen-bond donors (Lipinski definition) is 1. The van der Waals surface area contributed by atoms with E-state index in [1.54, 1.807) is 6.92 Å². The predicted octanol–water partition coefficient (Wildman–Crippen LogP) is 1.72. The normalized spacial score (nSPS) is 48.2. The Labute approximate surface area is 84.8 Å². The van der Waals surface area contributed by atoms with Crippen LogP contribution in [0.1, 0.15) is 26.2 Å². The second-order valence-corrected chi connectivity index (χ2v) is 5.11. The molecule has 0 spiro atoms. The van der Waals surface area contributed by atoms with E-state index in [-0.39, 0.29) is 5.91 Å². The first-order valence-corrected chi connectivity index (χ1v) is 5.69. The van der Waals surface area contributed by atoms with Crippen molar-refractivity contribution >= 4 is 5.91 Å². The van der Waals surface area contributed by atoms with Gasteiger partial charge in [0.05, 0.1) is 0 Å². The van der Waals surface area contributed by atoms with Crippen LogP contribution in [-0.4, -0.2) is 11.9 Å². The number of rotatable bonds is 1. The van der Waals surface area contributed by atoms with Crippen LogP contribution >= 0.6 is 0 Å². The fourth-order valence-electron chi connectivity index (χ4n) is 3.99. The lowest BCUT2D eigenvalue weighted by atomic mass is 9.79. The number of nitrogens with one attached hydrogen (secondary N) is 1. The summed E-state index contributed by atoms with van der Waals surface area (Å²) in [6, 6.07) is 0.485. The van der Waals surface area contributed by atoms with Gasteiger partial charge in [-0.1, -0.05) is 12.2 Å². The highest BCUT2D eigenvalue weighted by Gasteiger charge is 2.52. The van der Waals surface area contributed by atoms with Crippen LogP contribution in [0.15, 0.2) is 12.2 Å². The van der Waals surface area contributed by atoms with Crippen molar-refractivity contribution in [2.75, 3.05) is 0 Å². The van der Waals surface area contributed by atoms with Crippen LogP contribution in [0.4, 0.5) is 0 Å². The molecule has 76 valence electrons. The molecule has 2 fully saturated rings. The quantitative estimate of drug-likeness (QED) is 0.628. The van der Waals surface area contributed by atoms with Crippen molar-refractivity contribution in [2.45, 2.75) is 32.2 Å². The SMILES string of the molecule is CC(=O)NC1CC2CC1C1CC=CC21. The molecule has 0 radical (unpaired) electrons. The van der Waals surface area contributed by atoms with Gasteiger partial charge in [-0.3, -0.25) is 4.79 Å². The van der Waals surface area contributed by atoms with Crippen LogP contribution in [0.25, 0.3) is 0 Å². The second kappa shape index (κ2) is 2.85. The molecule has 2 heteroatoms. The molecule has 0 aromatic carbocycles. The van der Waals surface area contributed by atoms with Gasteiger partial charge in [0.1, 0.15) is 0 Å². The summed E-state index contributed by atoms with van der Waals surface area (Å²) in [5, 5.41) is 3.12. The molecule has 3 aliphatic rings. The maximum atomic E-state index is 11.0. The molecule has 14 heavy (non-hydrogen) atoms. The molecule has 1 amide bonds. The molecule has 0 saturated heterocycles. The minimum Gasteiger partial charge on any atom is -0.353 e. The van der Waals surface area contributed by atoms with Crippen molar-refractivity contribution in [3.8, 4) is 0 Å². The van der Waals surface area contributed by atoms with E-state index in [0.717, 1.165) is 23.7 Å². The van der Waals surface area contributed by atoms with E-state index in [9.17, 15) is 4.79 Å². The highest BCUT2D eigenvalue weighted by molar-refractivity contribution is 5.73. The molecular formula is C12H17NO. The highest BCUT2D eigenvalue weighted by Crippen LogP contribution is 2.56. The number of fused-ring (bicyclic) bond motifs is 5. The van der Waals surface area contributed by atoms with Gasteiger partial charge in [0.15, 0.2) is 0 Å². The highest BCUT2D eigenvalue weighted by atomic mass is 16.1. The molecule has 1 N–H and O–H groups in total. The van der Waals surface area contributed by atoms with Gasteiger partial charge in [-0.2, -0.15) is 0 Å². The minimum atomic E-state index is 0.144. The molecule has 2 bridgehead atoms. The van der Waals surface area contributed by atoms with Crippen LogP contribution in [0.2, 0.25) is 0 Å². The van der Waals surface area contributed by atoms with Gasteiger partial charge in [-0.25, -0.2) is 0 Å². The smallest absolute Gasteiger partial charge is 0.217 e. The fourth-order valence-corrected chi connectivity index (χ4v) is 3.99. The van der Waals surface area contributed by atoms with Crippen LogP contribution < -0.4 is 5.32 Å². The van der Waals surface area contributed by atoms with Gasteiger partial charge < -0.3 is 5.32 Å². The number of amides is 1. The number of allylic oxidation sites excluding steroid dienone is 2. The molecule has 0 aromatic rings. The Bertz CT molecular complexity index is 297. The van der Waals surface area contributed by atoms with E-state index in [1.165, 1.54) is 19.3 Å². The van der Waals surface area contributed by atoms with Crippen LogP contribution in [0.5, 0.6) is 0 Å². The van der Waals surface area contributed by atoms with Crippen LogP contribution in [0, 0.1) is 23.7 Å². The van der Waals surface area contributed by atoms with Crippen molar-refractivity contribution < 1.29 is 4.79 Å². The van der Waals surface area contributed by atoms with Crippen molar-refractivity contribution in [1.82, 2.24) is 5.32 Å². The third-order valence-corrected chi connectivity index (χ3v) is 4.39. The maximum absolute atomic E-state index is 11.0. The summed E-state index contributed by atoms with van der Waals surface area (Å²) in [5.41, 5.74) is 0. The summed E-state index contributed by atoms with van der Waals surface area (Å²) in [6.07, 6.45) is 8.58. The zero-order valence-electron chi connectivity index (χ0n) is 8.57. The van der Waals surface area contributed by atoms with Gasteiger partial charge in [0.2, 0.25) is 5.91 Å². The van der Waals surface area contributed by atoms with Crippen molar-refractivity contribution in [3.63, 3.8) is 0 Å². The third kappa shape index (κ3) is 1.06. The lowest BCUT2D eigenvalue weighted by Gasteiger charge is -2.31. The molecule has 0 heterocycles. The summed E-state index contributed by atoms with van der Waals surface area (Å²) < 4.78 is 0. The number of carbonyl (C=O) groups excluding carboxylic acids is 1. The van der Waals surface area contributed by atoms with Crippen molar-refractivity contribution in [1.29, 1.82) is 0 Å². The van der Waals surface area contributed by atoms with E-state index in [1.807, 2.05) is 0 Å². The minimum absolute atomic E-state index is 0.144. The Hall–Kier alpha value is -0.790. The molecule has 3 rings (SSSR count). The first-order valence-electron chi connectivity index (χ1n) is 5.69. The van der Waals surface area contributed by atoms with E-state index in [2.05, 4.69) is 17.5 Å². The van der Waals surface area contributed by atoms with Crippen LogP contribution in [-0.2, 0) is 4.79 Å². The topological polar surface area (TPSA) is 29.1 Å². The Morgan fingerprint density at radius 1 is 1.36 bits per heavy atom. The van der Waals surface area contributed by atoms with E-state index < -0.39 is 0 Å². The fraction of sp³-hybridized carbons (Fsp3) is 0.750. The van der Waals surface area contributed by atoms with Crippen molar-refractivity contribution in [3.05, 3.63) is 12.2 Å². The van der Waals surface area contributed by atoms with Crippen LogP contribution in [0.3, 0.4) is 0 Å². The average molecular weight is 191 g/mol. The third-order valence-electron chi connectivity index (χ3n) is 4.39. The Morgan fingerprint density at radius 3 is 3.00 bits per heavy atom. The monoisotopic (exact) mass is 191 g/mol. The molecular weight excluding hydrogens is 174 g/mol. The summed E-state index contributed by atoms with van der Waals surface area (Å²) in [4.78, 5) is 11.0. The largest absolute Gasteiger partial charge is 0.353 e. The van der Waals surface area contributed by atoms with E-state index in [0.29, 0.717) is 6.04 Å². The lowest BCUT2D eigenvalue weighted by Crippen LogP contribution is -2.41. The molecule has 3 aliphatic carbocycles. The second-order valence-electron chi connectivity index (χ2n) is 5.11. The molecule has 2 nitrogen and oxygen atoms in total. The Kier molecular flexibility index (Phi) is 1.73. The van der Waals surface area contributed by atoms with Gasteiger partial charge in [0, 0.05) is 13.0 Å². The average Bonchev–Trinajstić information content (AvgIpc) is 2.68. The zero-order valence-corrected chi connectivity index (χ0v) is 8.57. The summed E-state index contributed by atoms with van der Waals surface area (Å²) >= 11 is 0. The summed E-state index contributed by atoms with van der Waals surface area (Å²) in [6.45, 7) is 1.64. The van der Waals surface area contributed by atoms with Gasteiger partial charge in [-0.05, 0) is 42.9 Å². The zero-order chi connectivity index (χ0) is 9.71. The van der Waals surface area contributed by atoms with Gasteiger partial charge >= 0.3 is 0 Å². The molecule has 5 unspecified atom stereocenters. The summed E-state index contributed by atoms with van der Waals surface area (Å²) in [7, 11) is 0. The lowest BCUT2D eigenvalue weighted by molar-refractivity contribution is -0.120. The maximum Gasteiger partial charge on any atom is 0.217 e. The molecule has 2 saturated carbocycles. The number of hydrogen-bond acceptors (Lipinski definition) is 1. The van der Waals surface area contributed by atoms with Gasteiger partial charge in [-0.15, -0.1) is 0 Å². The number of carbonyl (C=O) groups is 1. The van der Waals surface area contributed by atoms with Gasteiger partial charge in [0.25, 0.3) is 0 Å². The predicted molar refractivity (Wildman–Crippen MR) is 54.6 cm³/mol. The summed E-state index contributed by atoms with van der Waals surface area (Å²) in [5.74, 6) is 3.48. The molecule has 5 atom stereocenters.